The number of carbonyl (C=O) groups is 3. The van der Waals surface area contributed by atoms with E-state index in [9.17, 15) is 14.4 Å². The third-order valence-electron chi connectivity index (χ3n) is 6.30. The van der Waals surface area contributed by atoms with Gasteiger partial charge in [-0.05, 0) is 66.6 Å². The van der Waals surface area contributed by atoms with Gasteiger partial charge in [0.15, 0.2) is 0 Å². The summed E-state index contributed by atoms with van der Waals surface area (Å²) in [6.07, 6.45) is 6.00. The number of piperidine rings is 1. The molecule has 3 amide bonds. The van der Waals surface area contributed by atoms with E-state index in [1.54, 1.807) is 23.5 Å². The third kappa shape index (κ3) is 4.45. The van der Waals surface area contributed by atoms with Crippen LogP contribution in [0.4, 0.5) is 0 Å². The molecule has 1 atom stereocenters. The van der Waals surface area contributed by atoms with Gasteiger partial charge >= 0.3 is 0 Å². The zero-order valence-electron chi connectivity index (χ0n) is 18.9. The zero-order chi connectivity index (χ0) is 23.7. The Kier molecular flexibility index (Phi) is 5.90. The number of hydrogen-bond acceptors (Lipinski definition) is 6. The van der Waals surface area contributed by atoms with Crippen molar-refractivity contribution in [2.75, 3.05) is 7.05 Å². The Bertz CT molecular complexity index is 1260. The van der Waals surface area contributed by atoms with Gasteiger partial charge in [-0.15, -0.1) is 0 Å². The Hall–Kier alpha value is -3.91. The van der Waals surface area contributed by atoms with Crippen LogP contribution in [0.2, 0.25) is 0 Å². The summed E-state index contributed by atoms with van der Waals surface area (Å²) in [4.78, 5) is 49.1. The van der Waals surface area contributed by atoms with Crippen LogP contribution >= 0.6 is 0 Å². The second-order valence-electron chi connectivity index (χ2n) is 8.85. The summed E-state index contributed by atoms with van der Waals surface area (Å²) in [7, 11) is 2.07. The van der Waals surface area contributed by atoms with Gasteiger partial charge in [0.1, 0.15) is 6.04 Å². The molecule has 1 fully saturated rings. The van der Waals surface area contributed by atoms with Crippen LogP contribution in [0.3, 0.4) is 0 Å². The number of nitrogens with one attached hydrogen (secondary N) is 1. The SMILES string of the molecule is CN(Cc1ccncc1)Cc1ccnc(-c2ccc3c(c2)CN(C2CCC(=O)NC2=O)C3=O)c1. The molecule has 4 heterocycles. The first-order valence-electron chi connectivity index (χ1n) is 11.3. The molecule has 5 rings (SSSR count). The first kappa shape index (κ1) is 21.9. The summed E-state index contributed by atoms with van der Waals surface area (Å²) in [6.45, 7) is 1.94. The minimum Gasteiger partial charge on any atom is -0.322 e. The van der Waals surface area contributed by atoms with E-state index >= 15 is 0 Å². The van der Waals surface area contributed by atoms with Crippen LogP contribution in [-0.2, 0) is 29.2 Å². The lowest BCUT2D eigenvalue weighted by atomic mass is 10.0. The molecule has 1 N–H and O–H groups in total. The van der Waals surface area contributed by atoms with Crippen LogP contribution < -0.4 is 5.32 Å². The smallest absolute Gasteiger partial charge is 0.255 e. The summed E-state index contributed by atoms with van der Waals surface area (Å²) in [6, 6.07) is 13.2. The number of nitrogens with zero attached hydrogens (tertiary/aromatic N) is 4. The van der Waals surface area contributed by atoms with Gasteiger partial charge in [-0.1, -0.05) is 6.07 Å². The number of carbonyl (C=O) groups excluding carboxylic acids is 3. The molecule has 172 valence electrons. The van der Waals surface area contributed by atoms with Crippen LogP contribution in [0.15, 0.2) is 61.1 Å². The molecule has 0 radical (unpaired) electrons. The van der Waals surface area contributed by atoms with Crippen molar-refractivity contribution in [3.63, 3.8) is 0 Å². The Morgan fingerprint density at radius 2 is 1.76 bits per heavy atom. The first-order valence-corrected chi connectivity index (χ1v) is 11.3. The monoisotopic (exact) mass is 455 g/mol. The molecular formula is C26H25N5O3. The van der Waals surface area contributed by atoms with Gasteiger partial charge in [0.25, 0.3) is 5.91 Å². The average Bonchev–Trinajstić information content (AvgIpc) is 3.15. The van der Waals surface area contributed by atoms with Gasteiger partial charge in [0.05, 0.1) is 5.69 Å². The van der Waals surface area contributed by atoms with E-state index in [0.29, 0.717) is 18.5 Å². The molecule has 1 aromatic carbocycles. The molecule has 0 aliphatic carbocycles. The summed E-state index contributed by atoms with van der Waals surface area (Å²) in [5.74, 6) is -0.858. The van der Waals surface area contributed by atoms with Crippen molar-refractivity contribution in [1.29, 1.82) is 0 Å². The minimum atomic E-state index is -0.613. The van der Waals surface area contributed by atoms with Crippen LogP contribution in [-0.4, -0.2) is 50.6 Å². The van der Waals surface area contributed by atoms with Crippen molar-refractivity contribution in [1.82, 2.24) is 25.1 Å². The number of benzene rings is 1. The van der Waals surface area contributed by atoms with Crippen molar-refractivity contribution in [2.24, 2.45) is 0 Å². The van der Waals surface area contributed by atoms with Gasteiger partial charge in [0, 0.05) is 55.8 Å². The largest absolute Gasteiger partial charge is 0.322 e. The topological polar surface area (TPSA) is 95.5 Å². The molecule has 1 unspecified atom stereocenters. The quantitative estimate of drug-likeness (QED) is 0.574. The molecule has 0 bridgehead atoms. The van der Waals surface area contributed by atoms with Crippen molar-refractivity contribution >= 4 is 17.7 Å². The van der Waals surface area contributed by atoms with Gasteiger partial charge < -0.3 is 4.90 Å². The van der Waals surface area contributed by atoms with E-state index in [2.05, 4.69) is 33.3 Å². The van der Waals surface area contributed by atoms with Gasteiger partial charge in [0.2, 0.25) is 11.8 Å². The van der Waals surface area contributed by atoms with E-state index in [-0.39, 0.29) is 18.2 Å². The van der Waals surface area contributed by atoms with Crippen LogP contribution in [0.5, 0.6) is 0 Å². The molecule has 1 saturated heterocycles. The lowest BCUT2D eigenvalue weighted by Crippen LogP contribution is -2.52. The van der Waals surface area contributed by atoms with Crippen molar-refractivity contribution in [3.8, 4) is 11.3 Å². The van der Waals surface area contributed by atoms with E-state index in [1.165, 1.54) is 5.56 Å². The fourth-order valence-corrected chi connectivity index (χ4v) is 4.63. The van der Waals surface area contributed by atoms with Crippen LogP contribution in [0, 0.1) is 0 Å². The second kappa shape index (κ2) is 9.15. The molecule has 8 heteroatoms. The van der Waals surface area contributed by atoms with E-state index in [0.717, 1.165) is 35.5 Å². The summed E-state index contributed by atoms with van der Waals surface area (Å²) in [5.41, 5.74) is 5.58. The predicted octanol–water partition coefficient (Wildman–Crippen LogP) is 2.54. The number of pyridine rings is 2. The normalized spacial score (nSPS) is 17.8. The highest BCUT2D eigenvalue weighted by molar-refractivity contribution is 6.05. The maximum Gasteiger partial charge on any atom is 0.255 e. The molecule has 2 aliphatic rings. The fraction of sp³-hybridized carbons (Fsp3) is 0.269. The number of hydrogen-bond donors (Lipinski definition) is 1. The highest BCUT2D eigenvalue weighted by Gasteiger charge is 2.39. The number of aromatic nitrogens is 2. The van der Waals surface area contributed by atoms with E-state index in [1.807, 2.05) is 36.4 Å². The summed E-state index contributed by atoms with van der Waals surface area (Å²) in [5, 5.41) is 2.34. The lowest BCUT2D eigenvalue weighted by molar-refractivity contribution is -0.136. The maximum absolute atomic E-state index is 12.9. The standard InChI is InChI=1S/C26H25N5O3/c1-30(14-17-6-9-27-10-7-17)15-18-8-11-28-22(12-18)19-2-3-21-20(13-19)16-31(26(21)34)23-4-5-24(32)29-25(23)33/h2-3,6-13,23H,4-5,14-16H2,1H3,(H,29,32,33). The summed E-state index contributed by atoms with van der Waals surface area (Å²) >= 11 is 0. The Labute approximate surface area is 197 Å². The average molecular weight is 456 g/mol. The zero-order valence-corrected chi connectivity index (χ0v) is 18.9. The van der Waals surface area contributed by atoms with Crippen molar-refractivity contribution < 1.29 is 14.4 Å². The first-order chi connectivity index (χ1) is 16.5. The van der Waals surface area contributed by atoms with Gasteiger partial charge in [-0.25, -0.2) is 0 Å². The maximum atomic E-state index is 12.9. The fourth-order valence-electron chi connectivity index (χ4n) is 4.63. The lowest BCUT2D eigenvalue weighted by Gasteiger charge is -2.29. The van der Waals surface area contributed by atoms with Crippen molar-refractivity contribution in [3.05, 3.63) is 83.3 Å². The Morgan fingerprint density at radius 1 is 1.00 bits per heavy atom. The number of amides is 3. The van der Waals surface area contributed by atoms with Gasteiger partial charge in [-0.2, -0.15) is 0 Å². The second-order valence-corrected chi connectivity index (χ2v) is 8.85. The van der Waals surface area contributed by atoms with Crippen LogP contribution in [0.1, 0.15) is 39.9 Å². The molecular weight excluding hydrogens is 430 g/mol. The molecule has 8 nitrogen and oxygen atoms in total. The molecule has 0 spiro atoms. The predicted molar refractivity (Wildman–Crippen MR) is 125 cm³/mol. The molecule has 2 aromatic heterocycles. The number of imide groups is 1. The van der Waals surface area contributed by atoms with E-state index in [4.69, 9.17) is 0 Å². The molecule has 3 aromatic rings. The Balaban J connectivity index is 1.31. The molecule has 34 heavy (non-hydrogen) atoms. The number of fused-ring (bicyclic) bond motifs is 1. The highest BCUT2D eigenvalue weighted by atomic mass is 16.2. The van der Waals surface area contributed by atoms with Gasteiger partial charge in [-0.3, -0.25) is 34.6 Å². The van der Waals surface area contributed by atoms with E-state index < -0.39 is 11.9 Å². The highest BCUT2D eigenvalue weighted by Crippen LogP contribution is 2.31. The third-order valence-corrected chi connectivity index (χ3v) is 6.30. The summed E-state index contributed by atoms with van der Waals surface area (Å²) < 4.78 is 0. The Morgan fingerprint density at radius 3 is 2.56 bits per heavy atom. The van der Waals surface area contributed by atoms with Crippen molar-refractivity contribution in [2.45, 2.75) is 38.5 Å². The number of rotatable bonds is 6. The molecule has 0 saturated carbocycles. The van der Waals surface area contributed by atoms with Crippen LogP contribution in [0.25, 0.3) is 11.3 Å². The minimum absolute atomic E-state index is 0.171. The molecule has 2 aliphatic heterocycles.